The molecule has 0 aliphatic heterocycles. The average molecular weight is 451 g/mol. The Kier molecular flexibility index (Phi) is 5.86. The largest absolute Gasteiger partial charge is 0.493 e. The molecular weight excluding hydrogens is 438 g/mol. The summed E-state index contributed by atoms with van der Waals surface area (Å²) in [6, 6.07) is 5.70. The van der Waals surface area contributed by atoms with Gasteiger partial charge in [-0.2, -0.15) is 18.3 Å². The molecule has 1 aromatic carbocycles. The van der Waals surface area contributed by atoms with E-state index in [1.54, 1.807) is 13.2 Å². The number of hydrazone groups is 1. The second kappa shape index (κ2) is 7.69. The Balaban J connectivity index is 2.10. The van der Waals surface area contributed by atoms with Crippen molar-refractivity contribution in [2.24, 2.45) is 5.10 Å². The normalized spacial score (nSPS) is 11.6. The second-order valence-electron chi connectivity index (χ2n) is 4.54. The van der Waals surface area contributed by atoms with Gasteiger partial charge in [0.15, 0.2) is 11.5 Å². The number of rotatable bonds is 5. The number of ether oxygens (including phenoxy) is 2. The van der Waals surface area contributed by atoms with Gasteiger partial charge in [0.1, 0.15) is 5.82 Å². The number of methoxy groups -OCH3 is 2. The molecule has 0 bridgehead atoms. The van der Waals surface area contributed by atoms with Crippen LogP contribution < -0.4 is 14.9 Å². The Labute approximate surface area is 150 Å². The van der Waals surface area contributed by atoms with E-state index >= 15 is 0 Å². The smallest absolute Gasteiger partial charge is 0.417 e. The van der Waals surface area contributed by atoms with Crippen molar-refractivity contribution in [2.75, 3.05) is 19.6 Å². The predicted octanol–water partition coefficient (Wildman–Crippen LogP) is 4.17. The molecule has 1 N–H and O–H groups in total. The van der Waals surface area contributed by atoms with Crippen LogP contribution in [0.15, 0.2) is 35.6 Å². The first-order valence-electron chi connectivity index (χ1n) is 6.59. The Bertz CT molecular complexity index is 734. The van der Waals surface area contributed by atoms with E-state index in [1.165, 1.54) is 19.4 Å². The zero-order chi connectivity index (χ0) is 17.7. The monoisotopic (exact) mass is 451 g/mol. The fourth-order valence-corrected chi connectivity index (χ4v) is 2.66. The van der Waals surface area contributed by atoms with Crippen LogP contribution in [0.4, 0.5) is 19.0 Å². The molecule has 1 aromatic heterocycles. The van der Waals surface area contributed by atoms with Crippen LogP contribution in [0.2, 0.25) is 0 Å². The lowest BCUT2D eigenvalue weighted by Crippen LogP contribution is -2.05. The molecule has 0 saturated heterocycles. The maximum Gasteiger partial charge on any atom is 0.417 e. The van der Waals surface area contributed by atoms with Crippen LogP contribution in [0.1, 0.15) is 11.1 Å². The van der Waals surface area contributed by atoms with Gasteiger partial charge in [-0.05, 0) is 52.4 Å². The molecule has 0 aliphatic rings. The van der Waals surface area contributed by atoms with Gasteiger partial charge in [-0.3, -0.25) is 5.43 Å². The van der Waals surface area contributed by atoms with Gasteiger partial charge in [-0.25, -0.2) is 4.98 Å². The van der Waals surface area contributed by atoms with Gasteiger partial charge in [0.25, 0.3) is 0 Å². The van der Waals surface area contributed by atoms with Crippen LogP contribution >= 0.6 is 22.6 Å². The van der Waals surface area contributed by atoms with E-state index < -0.39 is 11.7 Å². The van der Waals surface area contributed by atoms with Crippen molar-refractivity contribution in [3.05, 3.63) is 45.2 Å². The molecule has 0 unspecified atom stereocenters. The van der Waals surface area contributed by atoms with Crippen molar-refractivity contribution >= 4 is 34.6 Å². The lowest BCUT2D eigenvalue weighted by molar-refractivity contribution is -0.137. The molecule has 9 heteroatoms. The summed E-state index contributed by atoms with van der Waals surface area (Å²) < 4.78 is 48.7. The molecule has 24 heavy (non-hydrogen) atoms. The third-order valence-electron chi connectivity index (χ3n) is 2.94. The molecule has 0 radical (unpaired) electrons. The number of nitrogens with one attached hydrogen (secondary N) is 1. The van der Waals surface area contributed by atoms with Crippen molar-refractivity contribution in [3.8, 4) is 11.5 Å². The van der Waals surface area contributed by atoms with Crippen LogP contribution in [0.5, 0.6) is 11.5 Å². The zero-order valence-corrected chi connectivity index (χ0v) is 14.8. The molecule has 0 amide bonds. The maximum absolute atomic E-state index is 12.5. The molecule has 5 nitrogen and oxygen atoms in total. The highest BCUT2D eigenvalue weighted by Crippen LogP contribution is 2.33. The van der Waals surface area contributed by atoms with Crippen LogP contribution in [-0.4, -0.2) is 25.4 Å². The molecule has 0 atom stereocenters. The minimum absolute atomic E-state index is 0.203. The third-order valence-corrected chi connectivity index (χ3v) is 3.74. The first kappa shape index (κ1) is 18.3. The van der Waals surface area contributed by atoms with E-state index in [4.69, 9.17) is 9.47 Å². The molecular formula is C15H13F3IN3O2. The number of pyridine rings is 1. The number of nitrogens with zero attached hydrogens (tertiary/aromatic N) is 2. The van der Waals surface area contributed by atoms with E-state index in [9.17, 15) is 13.2 Å². The maximum atomic E-state index is 12.5. The molecule has 0 fully saturated rings. The van der Waals surface area contributed by atoms with Crippen molar-refractivity contribution in [1.29, 1.82) is 0 Å². The summed E-state index contributed by atoms with van der Waals surface area (Å²) in [6.45, 7) is 0. The lowest BCUT2D eigenvalue weighted by Gasteiger charge is -2.10. The summed E-state index contributed by atoms with van der Waals surface area (Å²) in [5.74, 6) is 1.38. The predicted molar refractivity (Wildman–Crippen MR) is 92.7 cm³/mol. The highest BCUT2D eigenvalue weighted by molar-refractivity contribution is 14.1. The van der Waals surface area contributed by atoms with Crippen molar-refractivity contribution in [1.82, 2.24) is 4.98 Å². The van der Waals surface area contributed by atoms with E-state index in [2.05, 4.69) is 38.1 Å². The molecule has 2 aromatic rings. The standard InChI is InChI=1S/C15H13F3IN3O2/c1-23-12-6-9(5-11(19)14(12)24-2)7-21-22-13-4-3-10(8-20-13)15(16,17)18/h3-8H,1-2H3,(H,20,22)/b21-7-. The number of benzene rings is 1. The highest BCUT2D eigenvalue weighted by atomic mass is 127. The molecule has 2 rings (SSSR count). The first-order valence-corrected chi connectivity index (χ1v) is 7.67. The lowest BCUT2D eigenvalue weighted by atomic mass is 10.2. The minimum Gasteiger partial charge on any atom is -0.493 e. The molecule has 128 valence electrons. The van der Waals surface area contributed by atoms with Crippen molar-refractivity contribution in [3.63, 3.8) is 0 Å². The fourth-order valence-electron chi connectivity index (χ4n) is 1.81. The fraction of sp³-hybridized carbons (Fsp3) is 0.200. The quantitative estimate of drug-likeness (QED) is 0.422. The number of anilines is 1. The van der Waals surface area contributed by atoms with E-state index in [0.717, 1.165) is 21.4 Å². The third kappa shape index (κ3) is 4.49. The summed E-state index contributed by atoms with van der Waals surface area (Å²) >= 11 is 2.10. The average Bonchev–Trinajstić information content (AvgIpc) is 2.54. The number of alkyl halides is 3. The summed E-state index contributed by atoms with van der Waals surface area (Å²) in [5.41, 5.74) is 2.49. The Morgan fingerprint density at radius 2 is 1.96 bits per heavy atom. The Hall–Kier alpha value is -2.04. The SMILES string of the molecule is COc1cc(/C=N\Nc2ccc(C(F)(F)F)cn2)cc(I)c1OC. The molecule has 0 aliphatic carbocycles. The van der Waals surface area contributed by atoms with Crippen molar-refractivity contribution in [2.45, 2.75) is 6.18 Å². The number of aromatic nitrogens is 1. The molecule has 0 spiro atoms. The highest BCUT2D eigenvalue weighted by Gasteiger charge is 2.30. The van der Waals surface area contributed by atoms with Crippen LogP contribution in [0.3, 0.4) is 0 Å². The van der Waals surface area contributed by atoms with Gasteiger partial charge in [-0.1, -0.05) is 0 Å². The topological polar surface area (TPSA) is 55.7 Å². The number of hydrogen-bond acceptors (Lipinski definition) is 5. The van der Waals surface area contributed by atoms with Crippen molar-refractivity contribution < 1.29 is 22.6 Å². The Morgan fingerprint density at radius 3 is 2.50 bits per heavy atom. The van der Waals surface area contributed by atoms with Gasteiger partial charge in [-0.15, -0.1) is 0 Å². The van der Waals surface area contributed by atoms with Crippen LogP contribution in [0, 0.1) is 3.57 Å². The van der Waals surface area contributed by atoms with Gasteiger partial charge >= 0.3 is 6.18 Å². The second-order valence-corrected chi connectivity index (χ2v) is 5.70. The van der Waals surface area contributed by atoms with Gasteiger partial charge in [0.05, 0.1) is 29.6 Å². The first-order chi connectivity index (χ1) is 11.3. The van der Waals surface area contributed by atoms with Gasteiger partial charge in [0, 0.05) is 6.20 Å². The van der Waals surface area contributed by atoms with E-state index in [1.807, 2.05) is 6.07 Å². The minimum atomic E-state index is -4.41. The van der Waals surface area contributed by atoms with E-state index in [0.29, 0.717) is 11.5 Å². The zero-order valence-electron chi connectivity index (χ0n) is 12.7. The summed E-state index contributed by atoms with van der Waals surface area (Å²) in [4.78, 5) is 3.66. The summed E-state index contributed by atoms with van der Waals surface area (Å²) in [5, 5.41) is 3.96. The summed E-state index contributed by atoms with van der Waals surface area (Å²) in [7, 11) is 3.07. The van der Waals surface area contributed by atoms with Crippen LogP contribution in [0.25, 0.3) is 0 Å². The van der Waals surface area contributed by atoms with Crippen LogP contribution in [-0.2, 0) is 6.18 Å². The van der Waals surface area contributed by atoms with Gasteiger partial charge < -0.3 is 9.47 Å². The van der Waals surface area contributed by atoms with Gasteiger partial charge in [0.2, 0.25) is 0 Å². The molecule has 1 heterocycles. The Morgan fingerprint density at radius 1 is 1.21 bits per heavy atom. The van der Waals surface area contributed by atoms with E-state index in [-0.39, 0.29) is 5.82 Å². The summed E-state index contributed by atoms with van der Waals surface area (Å²) in [6.07, 6.45) is -2.16. The number of hydrogen-bond donors (Lipinski definition) is 1. The molecule has 0 saturated carbocycles. The number of halogens is 4.